The summed E-state index contributed by atoms with van der Waals surface area (Å²) in [6.45, 7) is 2.17. The van der Waals surface area contributed by atoms with Crippen molar-refractivity contribution in [1.29, 1.82) is 0 Å². The Morgan fingerprint density at radius 3 is 2.58 bits per heavy atom. The molecule has 1 saturated heterocycles. The molecule has 0 aliphatic carbocycles. The van der Waals surface area contributed by atoms with Gasteiger partial charge in [0.05, 0.1) is 24.0 Å². The number of nitrogens with zero attached hydrogens (tertiary/aromatic N) is 3. The molecule has 1 fully saturated rings. The average Bonchev–Trinajstić information content (AvgIpc) is 3.07. The van der Waals surface area contributed by atoms with E-state index in [0.717, 1.165) is 5.69 Å². The number of imidazole rings is 1. The average molecular weight is 348 g/mol. The van der Waals surface area contributed by atoms with Crippen molar-refractivity contribution < 1.29 is 13.2 Å². The van der Waals surface area contributed by atoms with E-state index in [1.54, 1.807) is 10.9 Å². The Hall–Kier alpha value is -2.19. The smallest absolute Gasteiger partial charge is 0.269 e. The van der Waals surface area contributed by atoms with E-state index in [1.807, 2.05) is 30.3 Å². The highest BCUT2D eigenvalue weighted by Gasteiger charge is 2.21. The van der Waals surface area contributed by atoms with Gasteiger partial charge >= 0.3 is 0 Å². The molecule has 8 heteroatoms. The Balaban J connectivity index is 1.54. The molecule has 1 aromatic heterocycles. The molecule has 1 amide bonds. The van der Waals surface area contributed by atoms with E-state index >= 15 is 0 Å². The number of rotatable bonds is 5. The van der Waals surface area contributed by atoms with E-state index in [0.29, 0.717) is 31.9 Å². The summed E-state index contributed by atoms with van der Waals surface area (Å²) in [5.41, 5.74) is 1.35. The summed E-state index contributed by atoms with van der Waals surface area (Å²) >= 11 is 0. The minimum absolute atomic E-state index is 0.194. The molecular weight excluding hydrogens is 328 g/mol. The van der Waals surface area contributed by atoms with E-state index in [4.69, 9.17) is 0 Å². The summed E-state index contributed by atoms with van der Waals surface area (Å²) in [6, 6.07) is 9.54. The van der Waals surface area contributed by atoms with Crippen molar-refractivity contribution >= 4 is 15.7 Å². The number of carbonyl (C=O) groups is 1. The standard InChI is InChI=1S/C16H20N4O3S/c21-16(18-6-7-19-8-10-24(22,23)11-9-19)15-12-17-13-20(15)14-4-2-1-3-5-14/h1-5,12-13H,6-11H2,(H,18,21). The molecule has 1 aromatic carbocycles. The maximum atomic E-state index is 12.4. The van der Waals surface area contributed by atoms with E-state index in [-0.39, 0.29) is 17.4 Å². The molecule has 0 unspecified atom stereocenters. The molecule has 0 atom stereocenters. The zero-order valence-electron chi connectivity index (χ0n) is 13.3. The Morgan fingerprint density at radius 1 is 1.17 bits per heavy atom. The number of carbonyl (C=O) groups excluding carboxylic acids is 1. The van der Waals surface area contributed by atoms with Crippen molar-refractivity contribution in [3.63, 3.8) is 0 Å². The number of benzene rings is 1. The van der Waals surface area contributed by atoms with Crippen LogP contribution in [0.15, 0.2) is 42.9 Å². The van der Waals surface area contributed by atoms with Gasteiger partial charge in [0.15, 0.2) is 9.84 Å². The quantitative estimate of drug-likeness (QED) is 0.842. The second-order valence-electron chi connectivity index (χ2n) is 5.73. The van der Waals surface area contributed by atoms with E-state index in [1.165, 1.54) is 6.20 Å². The van der Waals surface area contributed by atoms with Crippen LogP contribution in [-0.4, -0.2) is 66.5 Å². The first-order valence-electron chi connectivity index (χ1n) is 7.84. The van der Waals surface area contributed by atoms with Crippen LogP contribution in [0.1, 0.15) is 10.5 Å². The molecule has 0 saturated carbocycles. The highest BCUT2D eigenvalue weighted by Crippen LogP contribution is 2.10. The number of hydrogen-bond acceptors (Lipinski definition) is 5. The van der Waals surface area contributed by atoms with Gasteiger partial charge in [-0.25, -0.2) is 13.4 Å². The van der Waals surface area contributed by atoms with Crippen LogP contribution in [0.2, 0.25) is 0 Å². The molecule has 0 spiro atoms. The first-order valence-corrected chi connectivity index (χ1v) is 9.66. The third kappa shape index (κ3) is 4.01. The summed E-state index contributed by atoms with van der Waals surface area (Å²) in [7, 11) is -2.87. The molecular formula is C16H20N4O3S. The molecule has 0 radical (unpaired) electrons. The van der Waals surface area contributed by atoms with Crippen molar-refractivity contribution in [2.24, 2.45) is 0 Å². The summed E-state index contributed by atoms with van der Waals surface area (Å²) in [5.74, 6) is 0.199. The van der Waals surface area contributed by atoms with Crippen molar-refractivity contribution in [1.82, 2.24) is 19.8 Å². The lowest BCUT2D eigenvalue weighted by molar-refractivity contribution is 0.0942. The largest absolute Gasteiger partial charge is 0.349 e. The van der Waals surface area contributed by atoms with Crippen molar-refractivity contribution in [3.05, 3.63) is 48.5 Å². The monoisotopic (exact) mass is 348 g/mol. The van der Waals surface area contributed by atoms with Crippen LogP contribution >= 0.6 is 0 Å². The zero-order chi connectivity index (χ0) is 17.0. The van der Waals surface area contributed by atoms with Gasteiger partial charge in [0.2, 0.25) is 0 Å². The molecule has 1 aliphatic heterocycles. The van der Waals surface area contributed by atoms with Crippen LogP contribution in [-0.2, 0) is 9.84 Å². The van der Waals surface area contributed by atoms with Gasteiger partial charge in [0, 0.05) is 31.9 Å². The third-order valence-electron chi connectivity index (χ3n) is 4.06. The molecule has 2 heterocycles. The zero-order valence-corrected chi connectivity index (χ0v) is 14.1. The van der Waals surface area contributed by atoms with Gasteiger partial charge in [-0.3, -0.25) is 14.3 Å². The number of nitrogens with one attached hydrogen (secondary N) is 1. The predicted molar refractivity (Wildman–Crippen MR) is 91.0 cm³/mol. The molecule has 2 aromatic rings. The fourth-order valence-corrected chi connectivity index (χ4v) is 3.93. The molecule has 128 valence electrons. The maximum Gasteiger partial charge on any atom is 0.269 e. The van der Waals surface area contributed by atoms with E-state index in [2.05, 4.69) is 15.2 Å². The lowest BCUT2D eigenvalue weighted by atomic mass is 10.3. The third-order valence-corrected chi connectivity index (χ3v) is 5.67. The Kier molecular flexibility index (Phi) is 4.96. The molecule has 1 N–H and O–H groups in total. The van der Waals surface area contributed by atoms with E-state index in [9.17, 15) is 13.2 Å². The molecule has 1 aliphatic rings. The first-order chi connectivity index (χ1) is 11.6. The minimum atomic E-state index is -2.87. The number of aromatic nitrogens is 2. The van der Waals surface area contributed by atoms with Crippen LogP contribution in [0.4, 0.5) is 0 Å². The Bertz CT molecular complexity index is 788. The SMILES string of the molecule is O=C(NCCN1CCS(=O)(=O)CC1)c1cncn1-c1ccccc1. The van der Waals surface area contributed by atoms with Crippen LogP contribution < -0.4 is 5.32 Å². The molecule has 0 bridgehead atoms. The van der Waals surface area contributed by atoms with Crippen molar-refractivity contribution in [2.45, 2.75) is 0 Å². The topological polar surface area (TPSA) is 84.3 Å². The van der Waals surface area contributed by atoms with Gasteiger partial charge in [-0.2, -0.15) is 0 Å². The summed E-state index contributed by atoms with van der Waals surface area (Å²) in [4.78, 5) is 18.5. The van der Waals surface area contributed by atoms with Crippen molar-refractivity contribution in [2.75, 3.05) is 37.7 Å². The van der Waals surface area contributed by atoms with Crippen LogP contribution in [0.25, 0.3) is 5.69 Å². The van der Waals surface area contributed by atoms with Crippen LogP contribution in [0, 0.1) is 0 Å². The van der Waals surface area contributed by atoms with Crippen LogP contribution in [0.5, 0.6) is 0 Å². The first kappa shape index (κ1) is 16.7. The number of amides is 1. The number of hydrogen-bond donors (Lipinski definition) is 1. The molecule has 24 heavy (non-hydrogen) atoms. The Labute approximate surface area is 141 Å². The normalized spacial score (nSPS) is 17.5. The predicted octanol–water partition coefficient (Wildman–Crippen LogP) is 0.333. The van der Waals surface area contributed by atoms with E-state index < -0.39 is 9.84 Å². The van der Waals surface area contributed by atoms with Gasteiger partial charge in [-0.1, -0.05) is 18.2 Å². The summed E-state index contributed by atoms with van der Waals surface area (Å²) in [5, 5.41) is 2.87. The van der Waals surface area contributed by atoms with Gasteiger partial charge in [-0.05, 0) is 12.1 Å². The molecule has 3 rings (SSSR count). The van der Waals surface area contributed by atoms with Gasteiger partial charge in [-0.15, -0.1) is 0 Å². The Morgan fingerprint density at radius 2 is 1.88 bits per heavy atom. The maximum absolute atomic E-state index is 12.4. The fraction of sp³-hybridized carbons (Fsp3) is 0.375. The number of sulfone groups is 1. The number of para-hydroxylation sites is 1. The highest BCUT2D eigenvalue weighted by molar-refractivity contribution is 7.91. The lowest BCUT2D eigenvalue weighted by Gasteiger charge is -2.26. The van der Waals surface area contributed by atoms with Gasteiger partial charge < -0.3 is 5.32 Å². The van der Waals surface area contributed by atoms with Crippen LogP contribution in [0.3, 0.4) is 0 Å². The van der Waals surface area contributed by atoms with Gasteiger partial charge in [0.25, 0.3) is 5.91 Å². The van der Waals surface area contributed by atoms with Gasteiger partial charge in [0.1, 0.15) is 5.69 Å². The lowest BCUT2D eigenvalue weighted by Crippen LogP contribution is -2.44. The minimum Gasteiger partial charge on any atom is -0.349 e. The summed E-state index contributed by atoms with van der Waals surface area (Å²) in [6.07, 6.45) is 3.15. The summed E-state index contributed by atoms with van der Waals surface area (Å²) < 4.78 is 24.5. The fourth-order valence-electron chi connectivity index (χ4n) is 2.65. The highest BCUT2D eigenvalue weighted by atomic mass is 32.2. The second kappa shape index (κ2) is 7.14. The second-order valence-corrected chi connectivity index (χ2v) is 8.04. The molecule has 7 nitrogen and oxygen atoms in total. The van der Waals surface area contributed by atoms with Crippen molar-refractivity contribution in [3.8, 4) is 5.69 Å².